The largest absolute Gasteiger partial charge is 0.331 e. The van der Waals surface area contributed by atoms with Crippen LogP contribution in [0.5, 0.6) is 0 Å². The topological polar surface area (TPSA) is 65.6 Å². The lowest BCUT2D eigenvalue weighted by Gasteiger charge is -2.14. The van der Waals surface area contributed by atoms with Gasteiger partial charge in [-0.3, -0.25) is 14.3 Å². The van der Waals surface area contributed by atoms with Gasteiger partial charge in [0.1, 0.15) is 5.69 Å². The standard InChI is InChI=1S/C18H14ClN5O/c1-23-11-21-9-16(23)17-22-15-8-13(19)2-3-14(15)18(25)24(17)10-12-4-6-20-7-5-12/h2-9,11H,10H2,1H3. The van der Waals surface area contributed by atoms with E-state index >= 15 is 0 Å². The summed E-state index contributed by atoms with van der Waals surface area (Å²) in [6, 6.07) is 8.88. The zero-order chi connectivity index (χ0) is 17.4. The Labute approximate surface area is 148 Å². The van der Waals surface area contributed by atoms with Gasteiger partial charge in [-0.2, -0.15) is 0 Å². The quantitative estimate of drug-likeness (QED) is 0.569. The maximum absolute atomic E-state index is 13.1. The minimum Gasteiger partial charge on any atom is -0.331 e. The van der Waals surface area contributed by atoms with Gasteiger partial charge in [0.25, 0.3) is 5.56 Å². The molecule has 4 aromatic rings. The van der Waals surface area contributed by atoms with E-state index in [1.54, 1.807) is 47.7 Å². The van der Waals surface area contributed by atoms with Gasteiger partial charge >= 0.3 is 0 Å². The summed E-state index contributed by atoms with van der Waals surface area (Å²) < 4.78 is 3.49. The third-order valence-corrected chi connectivity index (χ3v) is 4.29. The Balaban J connectivity index is 2.01. The summed E-state index contributed by atoms with van der Waals surface area (Å²) in [5, 5.41) is 1.08. The number of imidazole rings is 1. The molecule has 25 heavy (non-hydrogen) atoms. The highest BCUT2D eigenvalue weighted by Crippen LogP contribution is 2.21. The van der Waals surface area contributed by atoms with Crippen LogP contribution >= 0.6 is 11.6 Å². The van der Waals surface area contributed by atoms with Gasteiger partial charge in [-0.05, 0) is 35.9 Å². The first-order valence-corrected chi connectivity index (χ1v) is 8.07. The molecule has 0 bridgehead atoms. The molecule has 0 amide bonds. The second-order valence-electron chi connectivity index (χ2n) is 5.73. The second kappa shape index (κ2) is 6.14. The van der Waals surface area contributed by atoms with Gasteiger partial charge in [0.15, 0.2) is 5.82 Å². The smallest absolute Gasteiger partial charge is 0.262 e. The van der Waals surface area contributed by atoms with Crippen LogP contribution in [0.2, 0.25) is 5.02 Å². The molecule has 4 rings (SSSR count). The van der Waals surface area contributed by atoms with Crippen molar-refractivity contribution < 1.29 is 0 Å². The van der Waals surface area contributed by atoms with Crippen LogP contribution in [-0.4, -0.2) is 24.1 Å². The van der Waals surface area contributed by atoms with Gasteiger partial charge < -0.3 is 4.57 Å². The van der Waals surface area contributed by atoms with E-state index in [1.165, 1.54) is 0 Å². The minimum absolute atomic E-state index is 0.116. The van der Waals surface area contributed by atoms with Gasteiger partial charge in [0.2, 0.25) is 0 Å². The van der Waals surface area contributed by atoms with Crippen molar-refractivity contribution in [3.05, 3.63) is 76.2 Å². The number of rotatable bonds is 3. The molecule has 0 saturated heterocycles. The molecule has 3 aromatic heterocycles. The van der Waals surface area contributed by atoms with E-state index in [-0.39, 0.29) is 5.56 Å². The summed E-state index contributed by atoms with van der Waals surface area (Å²) in [7, 11) is 1.87. The minimum atomic E-state index is -0.116. The van der Waals surface area contributed by atoms with Gasteiger partial charge in [-0.25, -0.2) is 9.97 Å². The molecule has 0 aliphatic rings. The third-order valence-electron chi connectivity index (χ3n) is 4.05. The van der Waals surface area contributed by atoms with Gasteiger partial charge in [0.05, 0.1) is 30.0 Å². The lowest BCUT2D eigenvalue weighted by Crippen LogP contribution is -2.24. The Kier molecular flexibility index (Phi) is 3.82. The first-order chi connectivity index (χ1) is 12.1. The first kappa shape index (κ1) is 15.5. The van der Waals surface area contributed by atoms with Crippen LogP contribution < -0.4 is 5.56 Å². The van der Waals surface area contributed by atoms with E-state index in [2.05, 4.69) is 9.97 Å². The maximum atomic E-state index is 13.1. The fourth-order valence-corrected chi connectivity index (χ4v) is 2.95. The number of fused-ring (bicyclic) bond motifs is 1. The Bertz CT molecular complexity index is 1120. The van der Waals surface area contributed by atoms with Crippen molar-refractivity contribution in [1.29, 1.82) is 0 Å². The summed E-state index contributed by atoms with van der Waals surface area (Å²) in [5.74, 6) is 0.552. The van der Waals surface area contributed by atoms with Crippen molar-refractivity contribution in [3.63, 3.8) is 0 Å². The van der Waals surface area contributed by atoms with E-state index in [1.807, 2.05) is 23.7 Å². The third kappa shape index (κ3) is 2.81. The molecule has 0 unspecified atom stereocenters. The highest BCUT2D eigenvalue weighted by atomic mass is 35.5. The molecule has 3 heterocycles. The molecule has 6 nitrogen and oxygen atoms in total. The van der Waals surface area contributed by atoms with Crippen LogP contribution in [0.3, 0.4) is 0 Å². The summed E-state index contributed by atoms with van der Waals surface area (Å²) in [6.45, 7) is 0.396. The number of aromatic nitrogens is 5. The molecule has 7 heteroatoms. The van der Waals surface area contributed by atoms with E-state index < -0.39 is 0 Å². The van der Waals surface area contributed by atoms with Gasteiger partial charge in [0, 0.05) is 24.5 Å². The summed E-state index contributed by atoms with van der Waals surface area (Å²) >= 11 is 6.08. The fraction of sp³-hybridized carbons (Fsp3) is 0.111. The molecular formula is C18H14ClN5O. The fourth-order valence-electron chi connectivity index (χ4n) is 2.78. The zero-order valence-corrected chi connectivity index (χ0v) is 14.2. The number of hydrogen-bond acceptors (Lipinski definition) is 4. The van der Waals surface area contributed by atoms with Gasteiger partial charge in [-0.15, -0.1) is 0 Å². The summed E-state index contributed by atoms with van der Waals surface area (Å²) in [5.41, 5.74) is 2.18. The molecule has 0 atom stereocenters. The predicted molar refractivity (Wildman–Crippen MR) is 96.6 cm³/mol. The van der Waals surface area contributed by atoms with Crippen molar-refractivity contribution in [1.82, 2.24) is 24.1 Å². The molecule has 1 aromatic carbocycles. The Morgan fingerprint density at radius 1 is 1.12 bits per heavy atom. The average Bonchev–Trinajstić information content (AvgIpc) is 3.04. The van der Waals surface area contributed by atoms with E-state index in [9.17, 15) is 4.79 Å². The van der Waals surface area contributed by atoms with Crippen molar-refractivity contribution in [2.45, 2.75) is 6.54 Å². The van der Waals surface area contributed by atoms with Crippen LogP contribution in [0.1, 0.15) is 5.56 Å². The second-order valence-corrected chi connectivity index (χ2v) is 6.17. The number of pyridine rings is 1. The molecule has 0 saturated carbocycles. The predicted octanol–water partition coefficient (Wildman–Crippen LogP) is 2.89. The molecule has 0 N–H and O–H groups in total. The highest BCUT2D eigenvalue weighted by Gasteiger charge is 2.16. The summed E-state index contributed by atoms with van der Waals surface area (Å²) in [4.78, 5) is 26.0. The number of hydrogen-bond donors (Lipinski definition) is 0. The van der Waals surface area contributed by atoms with Crippen molar-refractivity contribution in [2.24, 2.45) is 7.05 Å². The summed E-state index contributed by atoms with van der Waals surface area (Å²) in [6.07, 6.45) is 6.79. The number of aryl methyl sites for hydroxylation is 1. The molecule has 0 aliphatic carbocycles. The van der Waals surface area contributed by atoms with Crippen molar-refractivity contribution in [2.75, 3.05) is 0 Å². The lowest BCUT2D eigenvalue weighted by atomic mass is 10.2. The highest BCUT2D eigenvalue weighted by molar-refractivity contribution is 6.31. The zero-order valence-electron chi connectivity index (χ0n) is 13.4. The number of benzene rings is 1. The van der Waals surface area contributed by atoms with Crippen molar-refractivity contribution >= 4 is 22.5 Å². The molecule has 0 spiro atoms. The van der Waals surface area contributed by atoms with Crippen LogP contribution in [-0.2, 0) is 13.6 Å². The SMILES string of the molecule is Cn1cncc1-c1nc2cc(Cl)ccc2c(=O)n1Cc1ccncc1. The van der Waals surface area contributed by atoms with Crippen LogP contribution in [0, 0.1) is 0 Å². The Morgan fingerprint density at radius 3 is 2.64 bits per heavy atom. The van der Waals surface area contributed by atoms with Crippen LogP contribution in [0.15, 0.2) is 60.0 Å². The molecule has 0 fully saturated rings. The number of nitrogens with zero attached hydrogens (tertiary/aromatic N) is 5. The normalized spacial score (nSPS) is 11.1. The number of halogens is 1. The molecular weight excluding hydrogens is 338 g/mol. The van der Waals surface area contributed by atoms with Gasteiger partial charge in [-0.1, -0.05) is 11.6 Å². The van der Waals surface area contributed by atoms with Crippen molar-refractivity contribution in [3.8, 4) is 11.5 Å². The molecule has 0 radical (unpaired) electrons. The maximum Gasteiger partial charge on any atom is 0.262 e. The monoisotopic (exact) mass is 351 g/mol. The van der Waals surface area contributed by atoms with E-state index in [4.69, 9.17) is 16.6 Å². The Hall–Kier alpha value is -2.99. The lowest BCUT2D eigenvalue weighted by molar-refractivity contribution is 0.747. The Morgan fingerprint density at radius 2 is 1.92 bits per heavy atom. The average molecular weight is 352 g/mol. The van der Waals surface area contributed by atoms with E-state index in [0.29, 0.717) is 28.3 Å². The molecule has 124 valence electrons. The van der Waals surface area contributed by atoms with E-state index in [0.717, 1.165) is 11.3 Å². The first-order valence-electron chi connectivity index (χ1n) is 7.69. The molecule has 0 aliphatic heterocycles. The van der Waals surface area contributed by atoms with Crippen LogP contribution in [0.4, 0.5) is 0 Å². The van der Waals surface area contributed by atoms with Crippen LogP contribution in [0.25, 0.3) is 22.4 Å².